The molecule has 1 unspecified atom stereocenters. The van der Waals surface area contributed by atoms with Crippen molar-refractivity contribution in [1.29, 1.82) is 0 Å². The second-order valence-corrected chi connectivity index (χ2v) is 6.98. The topological polar surface area (TPSA) is 75.3 Å². The molecule has 2 fully saturated rings. The van der Waals surface area contributed by atoms with Crippen LogP contribution in [0, 0.1) is 5.92 Å². The number of nitrogens with one attached hydrogen (secondary N) is 2. The first-order valence-corrected chi connectivity index (χ1v) is 7.62. The monoisotopic (exact) mass is 246 g/mol. The Balaban J connectivity index is 1.67. The van der Waals surface area contributed by atoms with E-state index in [4.69, 9.17) is 0 Å². The van der Waals surface area contributed by atoms with Crippen LogP contribution in [0.1, 0.15) is 25.7 Å². The van der Waals surface area contributed by atoms with Crippen molar-refractivity contribution < 1.29 is 13.2 Å². The van der Waals surface area contributed by atoms with Crippen molar-refractivity contribution in [2.45, 2.75) is 31.7 Å². The van der Waals surface area contributed by atoms with Crippen molar-refractivity contribution in [3.8, 4) is 0 Å². The van der Waals surface area contributed by atoms with Crippen LogP contribution in [-0.4, -0.2) is 38.5 Å². The molecule has 0 bridgehead atoms. The standard InChI is InChI=1S/C10H18N2O3S/c13-10(11-6-8-2-1-3-8)12-9-4-5-16(14,15)7-9/h8-9H,1-7H2,(H2,11,12,13). The highest BCUT2D eigenvalue weighted by atomic mass is 32.2. The van der Waals surface area contributed by atoms with Crippen LogP contribution in [0.4, 0.5) is 4.79 Å². The van der Waals surface area contributed by atoms with Gasteiger partial charge >= 0.3 is 6.03 Å². The summed E-state index contributed by atoms with van der Waals surface area (Å²) < 4.78 is 22.3. The molecule has 1 saturated heterocycles. The van der Waals surface area contributed by atoms with Crippen LogP contribution in [0.3, 0.4) is 0 Å². The Bertz CT molecular complexity index is 362. The molecule has 0 aromatic rings. The summed E-state index contributed by atoms with van der Waals surface area (Å²) in [6.07, 6.45) is 4.18. The molecule has 1 atom stereocenters. The summed E-state index contributed by atoms with van der Waals surface area (Å²) in [7, 11) is -2.91. The van der Waals surface area contributed by atoms with Gasteiger partial charge in [-0.3, -0.25) is 0 Å². The van der Waals surface area contributed by atoms with E-state index < -0.39 is 9.84 Å². The lowest BCUT2D eigenvalue weighted by molar-refractivity contribution is 0.230. The second-order valence-electron chi connectivity index (χ2n) is 4.75. The van der Waals surface area contributed by atoms with E-state index in [1.807, 2.05) is 0 Å². The maximum atomic E-state index is 11.4. The molecule has 0 aromatic heterocycles. The molecular formula is C10H18N2O3S. The van der Waals surface area contributed by atoms with E-state index in [1.54, 1.807) is 0 Å². The van der Waals surface area contributed by atoms with E-state index >= 15 is 0 Å². The highest BCUT2D eigenvalue weighted by molar-refractivity contribution is 7.91. The third-order valence-corrected chi connectivity index (χ3v) is 5.11. The number of urea groups is 1. The van der Waals surface area contributed by atoms with Gasteiger partial charge in [-0.2, -0.15) is 0 Å². The first kappa shape index (κ1) is 11.7. The molecule has 1 aliphatic carbocycles. The van der Waals surface area contributed by atoms with Gasteiger partial charge in [-0.1, -0.05) is 6.42 Å². The Morgan fingerprint density at radius 2 is 2.00 bits per heavy atom. The summed E-state index contributed by atoms with van der Waals surface area (Å²) in [5, 5.41) is 5.50. The first-order valence-electron chi connectivity index (χ1n) is 5.80. The van der Waals surface area contributed by atoms with Gasteiger partial charge in [-0.05, 0) is 25.2 Å². The van der Waals surface area contributed by atoms with Crippen LogP contribution in [0.15, 0.2) is 0 Å². The smallest absolute Gasteiger partial charge is 0.315 e. The number of rotatable bonds is 3. The van der Waals surface area contributed by atoms with Gasteiger partial charge in [-0.25, -0.2) is 13.2 Å². The molecule has 2 rings (SSSR count). The van der Waals surface area contributed by atoms with Crippen LogP contribution in [0.5, 0.6) is 0 Å². The van der Waals surface area contributed by atoms with Crippen molar-refractivity contribution >= 4 is 15.9 Å². The number of carbonyl (C=O) groups excluding carboxylic acids is 1. The number of amides is 2. The normalized spacial score (nSPS) is 28.4. The minimum Gasteiger partial charge on any atom is -0.338 e. The van der Waals surface area contributed by atoms with E-state index in [1.165, 1.54) is 19.3 Å². The maximum Gasteiger partial charge on any atom is 0.315 e. The van der Waals surface area contributed by atoms with Crippen LogP contribution in [0.25, 0.3) is 0 Å². The van der Waals surface area contributed by atoms with E-state index in [9.17, 15) is 13.2 Å². The summed E-state index contributed by atoms with van der Waals surface area (Å²) in [5.41, 5.74) is 0. The molecule has 1 aliphatic heterocycles. The quantitative estimate of drug-likeness (QED) is 0.750. The van der Waals surface area contributed by atoms with Gasteiger partial charge in [-0.15, -0.1) is 0 Å². The van der Waals surface area contributed by atoms with Gasteiger partial charge in [0, 0.05) is 12.6 Å². The number of hydrogen-bond acceptors (Lipinski definition) is 3. The van der Waals surface area contributed by atoms with Crippen LogP contribution < -0.4 is 10.6 Å². The Hall–Kier alpha value is -0.780. The lowest BCUT2D eigenvalue weighted by Crippen LogP contribution is -2.44. The molecule has 5 nitrogen and oxygen atoms in total. The Morgan fingerprint density at radius 1 is 1.25 bits per heavy atom. The molecule has 16 heavy (non-hydrogen) atoms. The molecular weight excluding hydrogens is 228 g/mol. The number of sulfone groups is 1. The van der Waals surface area contributed by atoms with Crippen LogP contribution in [-0.2, 0) is 9.84 Å². The molecule has 0 radical (unpaired) electrons. The summed E-state index contributed by atoms with van der Waals surface area (Å²) in [4.78, 5) is 11.4. The average molecular weight is 246 g/mol. The van der Waals surface area contributed by atoms with Crippen LogP contribution >= 0.6 is 0 Å². The molecule has 6 heteroatoms. The SMILES string of the molecule is O=C(NCC1CCC1)NC1CCS(=O)(=O)C1. The molecule has 2 aliphatic rings. The maximum absolute atomic E-state index is 11.4. The van der Waals surface area contributed by atoms with Crippen molar-refractivity contribution in [2.75, 3.05) is 18.1 Å². The summed E-state index contributed by atoms with van der Waals surface area (Å²) in [5.74, 6) is 0.905. The first-order chi connectivity index (χ1) is 7.55. The second kappa shape index (κ2) is 4.61. The molecule has 0 aromatic carbocycles. The molecule has 2 N–H and O–H groups in total. The molecule has 1 heterocycles. The molecule has 1 saturated carbocycles. The zero-order chi connectivity index (χ0) is 11.6. The third-order valence-electron chi connectivity index (χ3n) is 3.34. The minimum absolute atomic E-state index is 0.0872. The van der Waals surface area contributed by atoms with Gasteiger partial charge in [0.1, 0.15) is 0 Å². The van der Waals surface area contributed by atoms with Crippen molar-refractivity contribution in [1.82, 2.24) is 10.6 Å². The zero-order valence-corrected chi connectivity index (χ0v) is 10.1. The van der Waals surface area contributed by atoms with E-state index in [-0.39, 0.29) is 23.6 Å². The van der Waals surface area contributed by atoms with E-state index in [2.05, 4.69) is 10.6 Å². The van der Waals surface area contributed by atoms with E-state index in [0.29, 0.717) is 18.9 Å². The lowest BCUT2D eigenvalue weighted by atomic mass is 9.85. The Kier molecular flexibility index (Phi) is 3.37. The molecule has 0 spiro atoms. The molecule has 92 valence electrons. The van der Waals surface area contributed by atoms with E-state index in [0.717, 1.165) is 0 Å². The fourth-order valence-electron chi connectivity index (χ4n) is 2.08. The van der Waals surface area contributed by atoms with Crippen molar-refractivity contribution in [2.24, 2.45) is 5.92 Å². The summed E-state index contributed by atoms with van der Waals surface area (Å²) in [6.45, 7) is 0.714. The number of hydrogen-bond donors (Lipinski definition) is 2. The van der Waals surface area contributed by atoms with Crippen molar-refractivity contribution in [3.05, 3.63) is 0 Å². The zero-order valence-electron chi connectivity index (χ0n) is 9.24. The average Bonchev–Trinajstić information content (AvgIpc) is 2.42. The van der Waals surface area contributed by atoms with Crippen LogP contribution in [0.2, 0.25) is 0 Å². The summed E-state index contributed by atoms with van der Waals surface area (Å²) >= 11 is 0. The highest BCUT2D eigenvalue weighted by Gasteiger charge is 2.29. The highest BCUT2D eigenvalue weighted by Crippen LogP contribution is 2.25. The fourth-order valence-corrected chi connectivity index (χ4v) is 3.75. The van der Waals surface area contributed by atoms with Gasteiger partial charge < -0.3 is 10.6 Å². The predicted octanol–water partition coefficient (Wildman–Crippen LogP) is 0.273. The fraction of sp³-hybridized carbons (Fsp3) is 0.900. The lowest BCUT2D eigenvalue weighted by Gasteiger charge is -2.25. The van der Waals surface area contributed by atoms with Gasteiger partial charge in [0.05, 0.1) is 11.5 Å². The third kappa shape index (κ3) is 3.10. The Labute approximate surface area is 95.9 Å². The van der Waals surface area contributed by atoms with Gasteiger partial charge in [0.2, 0.25) is 0 Å². The van der Waals surface area contributed by atoms with Gasteiger partial charge in [0.15, 0.2) is 9.84 Å². The minimum atomic E-state index is -2.91. The van der Waals surface area contributed by atoms with Crippen molar-refractivity contribution in [3.63, 3.8) is 0 Å². The summed E-state index contributed by atoms with van der Waals surface area (Å²) in [6, 6.07) is -0.430. The largest absolute Gasteiger partial charge is 0.338 e. The van der Waals surface area contributed by atoms with Gasteiger partial charge in [0.25, 0.3) is 0 Å². The predicted molar refractivity (Wildman–Crippen MR) is 60.9 cm³/mol. The molecule has 2 amide bonds. The Morgan fingerprint density at radius 3 is 2.50 bits per heavy atom. The number of carbonyl (C=O) groups is 1.